The molecule has 130 valence electrons. The Hall–Kier alpha value is -1.91. The van der Waals surface area contributed by atoms with Gasteiger partial charge in [0, 0.05) is 11.3 Å². The molecule has 1 N–H and O–H groups in total. The van der Waals surface area contributed by atoms with Crippen molar-refractivity contribution in [3.05, 3.63) is 46.6 Å². The van der Waals surface area contributed by atoms with Crippen LogP contribution in [0.25, 0.3) is 0 Å². The molecule has 5 nitrogen and oxygen atoms in total. The number of rotatable bonds is 14. The lowest BCUT2D eigenvalue weighted by Gasteiger charge is -2.01. The Balaban J connectivity index is 3.61. The number of carbonyl (C=O) groups is 1. The largest absolute Gasteiger partial charge is 0.476 e. The van der Waals surface area contributed by atoms with Crippen molar-refractivity contribution in [2.75, 3.05) is 0 Å². The second-order valence-corrected chi connectivity index (χ2v) is 5.44. The van der Waals surface area contributed by atoms with Crippen molar-refractivity contribution in [2.24, 2.45) is 0 Å². The number of hydrogen-bond donors (Lipinski definition) is 1. The monoisotopic (exact) mass is 323 g/mol. The van der Waals surface area contributed by atoms with Crippen molar-refractivity contribution in [3.8, 4) is 0 Å². The summed E-state index contributed by atoms with van der Waals surface area (Å²) in [5, 5.41) is 19.2. The zero-order chi connectivity index (χ0) is 17.3. The number of aliphatic carboxylic acids is 1. The van der Waals surface area contributed by atoms with Gasteiger partial charge in [-0.3, -0.25) is 10.1 Å². The van der Waals surface area contributed by atoms with Crippen molar-refractivity contribution in [1.29, 1.82) is 0 Å². The molecule has 0 saturated carbocycles. The summed E-state index contributed by atoms with van der Waals surface area (Å²) >= 11 is 0. The third-order valence-electron chi connectivity index (χ3n) is 3.39. The summed E-state index contributed by atoms with van der Waals surface area (Å²) in [6, 6.07) is -1.50. The Morgan fingerprint density at radius 1 is 1.00 bits per heavy atom. The van der Waals surface area contributed by atoms with Gasteiger partial charge in [0.25, 0.3) is 0 Å². The predicted molar refractivity (Wildman–Crippen MR) is 93.1 cm³/mol. The van der Waals surface area contributed by atoms with E-state index in [-0.39, 0.29) is 6.42 Å². The van der Waals surface area contributed by atoms with E-state index in [1.54, 1.807) is 0 Å². The zero-order valence-electron chi connectivity index (χ0n) is 14.0. The summed E-state index contributed by atoms with van der Waals surface area (Å²) < 4.78 is 0. The second-order valence-electron chi connectivity index (χ2n) is 5.44. The topological polar surface area (TPSA) is 80.4 Å². The van der Waals surface area contributed by atoms with Gasteiger partial charge in [0.2, 0.25) is 0 Å². The highest BCUT2D eigenvalue weighted by molar-refractivity contribution is 5.71. The first-order chi connectivity index (χ1) is 11.1. The average Bonchev–Trinajstić information content (AvgIpc) is 2.50. The Bertz CT molecular complexity index is 399. The third kappa shape index (κ3) is 13.5. The van der Waals surface area contributed by atoms with E-state index in [4.69, 9.17) is 5.11 Å². The highest BCUT2D eigenvalue weighted by Crippen LogP contribution is 2.04. The molecule has 0 aromatic rings. The summed E-state index contributed by atoms with van der Waals surface area (Å²) in [6.07, 6.45) is 20.6. The maximum atomic E-state index is 10.6. The van der Waals surface area contributed by atoms with E-state index < -0.39 is 16.9 Å². The molecule has 0 amide bonds. The molecular weight excluding hydrogens is 294 g/mol. The number of hydrogen-bond acceptors (Lipinski definition) is 3. The molecule has 0 aliphatic carbocycles. The highest BCUT2D eigenvalue weighted by Gasteiger charge is 2.27. The summed E-state index contributed by atoms with van der Waals surface area (Å²) in [6.45, 7) is 2.20. The van der Waals surface area contributed by atoms with Crippen LogP contribution in [0.1, 0.15) is 64.7 Å². The van der Waals surface area contributed by atoms with Crippen molar-refractivity contribution in [2.45, 2.75) is 70.8 Å². The van der Waals surface area contributed by atoms with Crippen LogP contribution in [-0.4, -0.2) is 22.0 Å². The highest BCUT2D eigenvalue weighted by atomic mass is 16.6. The molecule has 23 heavy (non-hydrogen) atoms. The molecule has 0 bridgehead atoms. The van der Waals surface area contributed by atoms with E-state index in [2.05, 4.69) is 31.2 Å². The van der Waals surface area contributed by atoms with Gasteiger partial charge < -0.3 is 5.11 Å². The van der Waals surface area contributed by atoms with Gasteiger partial charge in [0.1, 0.15) is 0 Å². The molecule has 5 heteroatoms. The van der Waals surface area contributed by atoms with Gasteiger partial charge in [-0.2, -0.15) is 0 Å². The molecule has 1 unspecified atom stereocenters. The molecule has 0 aliphatic heterocycles. The van der Waals surface area contributed by atoms with Crippen LogP contribution in [0.4, 0.5) is 0 Å². The average molecular weight is 323 g/mol. The fraction of sp³-hybridized carbons (Fsp3) is 0.611. The molecule has 0 aliphatic rings. The standard InChI is InChI=1S/C18H29NO4/c1-2-3-4-5-6-7-8-9-10-11-12-13-14-15-16-17(18(20)21)19(22)23/h6-7,9-10,13-14,17H,2-5,8,11-12,15-16H2,1H3,(H,20,21)/b7-6-,10-9-,14-13-. The fourth-order valence-corrected chi connectivity index (χ4v) is 2.02. The van der Waals surface area contributed by atoms with E-state index in [9.17, 15) is 14.9 Å². The lowest BCUT2D eigenvalue weighted by Crippen LogP contribution is -2.28. The third-order valence-corrected chi connectivity index (χ3v) is 3.39. The lowest BCUT2D eigenvalue weighted by atomic mass is 10.1. The van der Waals surface area contributed by atoms with Gasteiger partial charge in [0.05, 0.1) is 0 Å². The van der Waals surface area contributed by atoms with Gasteiger partial charge in [-0.15, -0.1) is 0 Å². The minimum atomic E-state index is -1.50. The van der Waals surface area contributed by atoms with Gasteiger partial charge in [0.15, 0.2) is 0 Å². The molecule has 0 radical (unpaired) electrons. The van der Waals surface area contributed by atoms with Crippen LogP contribution in [0.3, 0.4) is 0 Å². The molecule has 0 rings (SSSR count). The molecule has 0 saturated heterocycles. The fourth-order valence-electron chi connectivity index (χ4n) is 2.02. The van der Waals surface area contributed by atoms with Crippen molar-refractivity contribution < 1.29 is 14.8 Å². The van der Waals surface area contributed by atoms with E-state index >= 15 is 0 Å². The van der Waals surface area contributed by atoms with Crippen LogP contribution in [0.2, 0.25) is 0 Å². The second kappa shape index (κ2) is 15.0. The Morgan fingerprint density at radius 3 is 2.13 bits per heavy atom. The summed E-state index contributed by atoms with van der Waals surface area (Å²) in [4.78, 5) is 20.4. The van der Waals surface area contributed by atoms with Gasteiger partial charge in [-0.25, -0.2) is 4.79 Å². The van der Waals surface area contributed by atoms with E-state index in [1.165, 1.54) is 19.3 Å². The summed E-state index contributed by atoms with van der Waals surface area (Å²) in [5.41, 5.74) is 0. The van der Waals surface area contributed by atoms with Gasteiger partial charge >= 0.3 is 12.0 Å². The SMILES string of the molecule is CCCCC/C=C\C/C=C\CC/C=C\CCC(C(=O)O)[N+](=O)[O-]. The van der Waals surface area contributed by atoms with Crippen LogP contribution in [0.15, 0.2) is 36.5 Å². The van der Waals surface area contributed by atoms with E-state index in [1.807, 2.05) is 12.2 Å². The molecular formula is C18H29NO4. The minimum Gasteiger partial charge on any atom is -0.476 e. The Kier molecular flexibility index (Phi) is 13.8. The number of nitrogens with zero attached hydrogens (tertiary/aromatic N) is 1. The number of nitro groups is 1. The first-order valence-corrected chi connectivity index (χ1v) is 8.40. The number of allylic oxidation sites excluding steroid dienone is 6. The normalized spacial score (nSPS) is 13.3. The number of carboxylic acid groups (broad SMARTS) is 1. The minimum absolute atomic E-state index is 0.0392. The molecule has 1 atom stereocenters. The molecule has 0 aromatic carbocycles. The van der Waals surface area contributed by atoms with Crippen LogP contribution in [-0.2, 0) is 4.79 Å². The van der Waals surface area contributed by atoms with Gasteiger partial charge in [-0.1, -0.05) is 56.2 Å². The van der Waals surface area contributed by atoms with Crippen LogP contribution in [0.5, 0.6) is 0 Å². The molecule has 0 spiro atoms. The van der Waals surface area contributed by atoms with E-state index in [0.717, 1.165) is 25.7 Å². The van der Waals surface area contributed by atoms with Crippen LogP contribution >= 0.6 is 0 Å². The number of carboxylic acids is 1. The van der Waals surface area contributed by atoms with Crippen molar-refractivity contribution in [3.63, 3.8) is 0 Å². The predicted octanol–water partition coefficient (Wildman–Crippen LogP) is 4.92. The van der Waals surface area contributed by atoms with Crippen LogP contribution < -0.4 is 0 Å². The molecule has 0 fully saturated rings. The van der Waals surface area contributed by atoms with Crippen molar-refractivity contribution in [1.82, 2.24) is 0 Å². The smallest absolute Gasteiger partial charge is 0.379 e. The molecule has 0 aromatic heterocycles. The summed E-state index contributed by atoms with van der Waals surface area (Å²) in [5.74, 6) is -1.37. The zero-order valence-corrected chi connectivity index (χ0v) is 14.0. The Labute approximate surface area is 138 Å². The first-order valence-electron chi connectivity index (χ1n) is 8.40. The first kappa shape index (κ1) is 21.1. The number of unbranched alkanes of at least 4 members (excludes halogenated alkanes) is 4. The maximum Gasteiger partial charge on any atom is 0.379 e. The van der Waals surface area contributed by atoms with Crippen molar-refractivity contribution >= 4 is 5.97 Å². The Morgan fingerprint density at radius 2 is 1.57 bits per heavy atom. The van der Waals surface area contributed by atoms with Gasteiger partial charge in [-0.05, 0) is 38.5 Å². The van der Waals surface area contributed by atoms with Crippen LogP contribution in [0, 0.1) is 10.1 Å². The molecule has 0 heterocycles. The summed E-state index contributed by atoms with van der Waals surface area (Å²) in [7, 11) is 0. The lowest BCUT2D eigenvalue weighted by molar-refractivity contribution is -0.510. The maximum absolute atomic E-state index is 10.6. The quantitative estimate of drug-likeness (QED) is 0.213. The van der Waals surface area contributed by atoms with E-state index in [0.29, 0.717) is 6.42 Å².